The number of benzene rings is 3. The molecule has 5 N–H and O–H groups in total. The van der Waals surface area contributed by atoms with Crippen molar-refractivity contribution in [2.45, 2.75) is 75.5 Å². The SMILES string of the molecule is N[C@H]1CCCC[C@@H]1NC(=O)c1c2c(c3c(O)c4ccccc4c4ncnc1c34)=N[C@@H]1CCCC[C@H]1N2. The number of aromatic hydroxyl groups is 1. The second kappa shape index (κ2) is 8.27. The summed E-state index contributed by atoms with van der Waals surface area (Å²) in [4.78, 5) is 28.4. The second-order valence-corrected chi connectivity index (χ2v) is 10.6. The van der Waals surface area contributed by atoms with E-state index >= 15 is 0 Å². The van der Waals surface area contributed by atoms with Gasteiger partial charge in [-0.1, -0.05) is 49.9 Å². The van der Waals surface area contributed by atoms with E-state index in [0.717, 1.165) is 67.7 Å². The summed E-state index contributed by atoms with van der Waals surface area (Å²) >= 11 is 0. The first kappa shape index (κ1) is 21.7. The van der Waals surface area contributed by atoms with Crippen LogP contribution in [0.2, 0.25) is 0 Å². The molecule has 4 aromatic rings. The summed E-state index contributed by atoms with van der Waals surface area (Å²) in [5.41, 5.74) is 8.78. The van der Waals surface area contributed by atoms with E-state index in [1.165, 1.54) is 6.33 Å². The maximum absolute atomic E-state index is 14.0. The molecule has 1 amide bonds. The van der Waals surface area contributed by atoms with E-state index in [9.17, 15) is 9.90 Å². The average Bonchev–Trinajstić information content (AvgIpc) is 2.91. The Kier molecular flexibility index (Phi) is 4.99. The van der Waals surface area contributed by atoms with Crippen molar-refractivity contribution in [2.75, 3.05) is 5.32 Å². The van der Waals surface area contributed by atoms with Crippen molar-refractivity contribution >= 4 is 44.2 Å². The van der Waals surface area contributed by atoms with Gasteiger partial charge in [-0.3, -0.25) is 9.79 Å². The molecule has 3 aromatic carbocycles. The molecule has 0 spiro atoms. The molecule has 36 heavy (non-hydrogen) atoms. The van der Waals surface area contributed by atoms with Crippen LogP contribution in [0.1, 0.15) is 61.7 Å². The molecule has 8 nitrogen and oxygen atoms in total. The number of phenolic OH excluding ortho intramolecular Hbond substituents is 1. The number of aromatic nitrogens is 2. The van der Waals surface area contributed by atoms with Crippen LogP contribution in [0.15, 0.2) is 35.6 Å². The van der Waals surface area contributed by atoms with Crippen molar-refractivity contribution in [1.29, 1.82) is 0 Å². The van der Waals surface area contributed by atoms with Crippen LogP contribution in [-0.2, 0) is 0 Å². The molecule has 2 aliphatic carbocycles. The lowest BCUT2D eigenvalue weighted by Gasteiger charge is -2.35. The Bertz CT molecular complexity index is 1580. The largest absolute Gasteiger partial charge is 0.507 e. The highest BCUT2D eigenvalue weighted by atomic mass is 16.3. The Morgan fingerprint density at radius 2 is 1.72 bits per heavy atom. The van der Waals surface area contributed by atoms with Crippen LogP contribution in [0.5, 0.6) is 5.75 Å². The van der Waals surface area contributed by atoms with Crippen LogP contribution in [-0.4, -0.2) is 45.1 Å². The Morgan fingerprint density at radius 1 is 0.972 bits per heavy atom. The molecule has 0 unspecified atom stereocenters. The van der Waals surface area contributed by atoms with Crippen molar-refractivity contribution in [3.8, 4) is 5.75 Å². The smallest absolute Gasteiger partial charge is 0.255 e. The number of carbonyl (C=O) groups excluding carboxylic acids is 1. The van der Waals surface area contributed by atoms with Gasteiger partial charge in [0.2, 0.25) is 0 Å². The summed E-state index contributed by atoms with van der Waals surface area (Å²) in [6.45, 7) is 0. The first-order valence-electron chi connectivity index (χ1n) is 13.2. The van der Waals surface area contributed by atoms with E-state index in [1.54, 1.807) is 0 Å². The van der Waals surface area contributed by atoms with Crippen molar-refractivity contribution in [1.82, 2.24) is 15.3 Å². The average molecular weight is 483 g/mol. The van der Waals surface area contributed by atoms with Crippen LogP contribution in [0.4, 0.5) is 5.69 Å². The second-order valence-electron chi connectivity index (χ2n) is 10.6. The summed E-state index contributed by atoms with van der Waals surface area (Å²) in [6, 6.07) is 7.83. The number of hydrogen-bond acceptors (Lipinski definition) is 7. The number of anilines is 1. The first-order chi connectivity index (χ1) is 17.6. The summed E-state index contributed by atoms with van der Waals surface area (Å²) in [6.07, 6.45) is 9.70. The Labute approximate surface area is 208 Å². The van der Waals surface area contributed by atoms with Gasteiger partial charge in [0.05, 0.1) is 39.1 Å². The molecule has 0 saturated heterocycles. The van der Waals surface area contributed by atoms with Gasteiger partial charge in [0, 0.05) is 34.3 Å². The number of carbonyl (C=O) groups is 1. The zero-order chi connectivity index (χ0) is 24.4. The number of nitrogens with zero attached hydrogens (tertiary/aromatic N) is 3. The third kappa shape index (κ3) is 3.17. The summed E-state index contributed by atoms with van der Waals surface area (Å²) in [5, 5.41) is 22.0. The minimum absolute atomic E-state index is 0.0576. The number of hydrogen-bond donors (Lipinski definition) is 4. The number of nitrogens with one attached hydrogen (secondary N) is 2. The van der Waals surface area contributed by atoms with E-state index in [-0.39, 0.29) is 35.8 Å². The quantitative estimate of drug-likeness (QED) is 0.255. The van der Waals surface area contributed by atoms with E-state index in [1.807, 2.05) is 24.3 Å². The standard InChI is InChI=1S/C28H30N6O2/c29-16-9-3-4-10-17(16)34-28(36)22-24-20-21(25-26(22)33-19-12-6-5-11-18(19)32-25)27(35)15-8-2-1-7-14(15)23(20)30-13-31-24/h1-2,7-8,13,16-19,33,35H,3-6,9-12,29H2,(H,34,36)/t16-,17-,18+,19+/m0/s1. The first-order valence-corrected chi connectivity index (χ1v) is 13.2. The van der Waals surface area contributed by atoms with Crippen LogP contribution in [0.3, 0.4) is 0 Å². The molecule has 4 atom stereocenters. The molecule has 8 heteroatoms. The monoisotopic (exact) mass is 482 g/mol. The lowest BCUT2D eigenvalue weighted by molar-refractivity contribution is 0.0923. The van der Waals surface area contributed by atoms with Gasteiger partial charge in [0.25, 0.3) is 5.91 Å². The molecule has 2 fully saturated rings. The van der Waals surface area contributed by atoms with Crippen molar-refractivity contribution in [2.24, 2.45) is 10.7 Å². The van der Waals surface area contributed by atoms with Crippen molar-refractivity contribution < 1.29 is 9.90 Å². The lowest BCUT2D eigenvalue weighted by Crippen LogP contribution is -2.50. The van der Waals surface area contributed by atoms with Gasteiger partial charge < -0.3 is 21.5 Å². The minimum atomic E-state index is -0.194. The van der Waals surface area contributed by atoms with Crippen LogP contribution >= 0.6 is 0 Å². The van der Waals surface area contributed by atoms with E-state index in [4.69, 9.17) is 10.7 Å². The van der Waals surface area contributed by atoms with Crippen LogP contribution in [0, 0.1) is 0 Å². The molecule has 184 valence electrons. The Morgan fingerprint density at radius 3 is 2.58 bits per heavy atom. The number of amides is 1. The molecule has 3 aliphatic rings. The van der Waals surface area contributed by atoms with Gasteiger partial charge in [0.1, 0.15) is 12.1 Å². The topological polar surface area (TPSA) is 126 Å². The number of rotatable bonds is 2. The Hall–Kier alpha value is -3.52. The molecule has 0 bridgehead atoms. The molecule has 2 heterocycles. The summed E-state index contributed by atoms with van der Waals surface area (Å²) < 4.78 is 0. The van der Waals surface area contributed by atoms with Crippen LogP contribution in [0.25, 0.3) is 32.6 Å². The van der Waals surface area contributed by atoms with E-state index in [0.29, 0.717) is 32.9 Å². The van der Waals surface area contributed by atoms with Gasteiger partial charge in [0.15, 0.2) is 0 Å². The highest BCUT2D eigenvalue weighted by Crippen LogP contribution is 2.41. The third-order valence-electron chi connectivity index (χ3n) is 8.45. The fourth-order valence-electron chi connectivity index (χ4n) is 6.61. The summed E-state index contributed by atoms with van der Waals surface area (Å²) in [5.74, 6) is -0.0321. The highest BCUT2D eigenvalue weighted by molar-refractivity contribution is 6.27. The maximum atomic E-state index is 14.0. The number of fused-ring (bicyclic) bond motifs is 5. The van der Waals surface area contributed by atoms with Crippen LogP contribution < -0.4 is 21.7 Å². The van der Waals surface area contributed by atoms with Crippen molar-refractivity contribution in [3.05, 3.63) is 41.5 Å². The van der Waals surface area contributed by atoms with E-state index < -0.39 is 0 Å². The van der Waals surface area contributed by atoms with Gasteiger partial charge in [-0.25, -0.2) is 9.97 Å². The zero-order valence-electron chi connectivity index (χ0n) is 20.1. The van der Waals surface area contributed by atoms with E-state index in [2.05, 4.69) is 20.6 Å². The maximum Gasteiger partial charge on any atom is 0.255 e. The van der Waals surface area contributed by atoms with Gasteiger partial charge >= 0.3 is 0 Å². The minimum Gasteiger partial charge on any atom is -0.507 e. The fourth-order valence-corrected chi connectivity index (χ4v) is 6.61. The lowest BCUT2D eigenvalue weighted by atomic mass is 9.87. The molecular formula is C28H30N6O2. The molecule has 2 saturated carbocycles. The normalized spacial score (nSPS) is 25.7. The number of phenols is 1. The molecule has 1 aliphatic heterocycles. The fraction of sp³-hybridized carbons (Fsp3) is 0.429. The molecule has 1 aromatic heterocycles. The molecular weight excluding hydrogens is 452 g/mol. The zero-order valence-corrected chi connectivity index (χ0v) is 20.1. The Balaban J connectivity index is 1.55. The predicted molar refractivity (Wildman–Crippen MR) is 140 cm³/mol. The highest BCUT2D eigenvalue weighted by Gasteiger charge is 2.35. The van der Waals surface area contributed by atoms with Gasteiger partial charge in [-0.05, 0) is 25.7 Å². The third-order valence-corrected chi connectivity index (χ3v) is 8.45. The van der Waals surface area contributed by atoms with Gasteiger partial charge in [-0.2, -0.15) is 0 Å². The molecule has 0 radical (unpaired) electrons. The molecule has 7 rings (SSSR count). The number of nitrogens with two attached hydrogens (primary N) is 1. The summed E-state index contributed by atoms with van der Waals surface area (Å²) in [7, 11) is 0. The van der Waals surface area contributed by atoms with Crippen molar-refractivity contribution in [3.63, 3.8) is 0 Å². The van der Waals surface area contributed by atoms with Gasteiger partial charge in [-0.15, -0.1) is 0 Å². The predicted octanol–water partition coefficient (Wildman–Crippen LogP) is 3.72.